The summed E-state index contributed by atoms with van der Waals surface area (Å²) >= 11 is 0. The van der Waals surface area contributed by atoms with Crippen molar-refractivity contribution in [2.45, 2.75) is 12.5 Å². The Morgan fingerprint density at radius 1 is 1.56 bits per heavy atom. The number of nitrogens with zero attached hydrogens (tertiary/aromatic N) is 4. The second-order valence-electron chi connectivity index (χ2n) is 3.99. The van der Waals surface area contributed by atoms with Gasteiger partial charge in [-0.15, -0.1) is 5.10 Å². The molecule has 0 aliphatic carbocycles. The third-order valence-electron chi connectivity index (χ3n) is 2.84. The Morgan fingerprint density at radius 2 is 2.44 bits per heavy atom. The first-order valence-corrected chi connectivity index (χ1v) is 5.42. The SMILES string of the molecule is O=C(c1cn(C2CNC2)nn1)N1CCCO1. The van der Waals surface area contributed by atoms with Crippen LogP contribution in [0.2, 0.25) is 0 Å². The molecule has 1 N–H and O–H groups in total. The number of hydrogen-bond donors (Lipinski definition) is 1. The van der Waals surface area contributed by atoms with E-state index in [0.717, 1.165) is 19.5 Å². The molecule has 0 aromatic carbocycles. The molecule has 0 saturated carbocycles. The van der Waals surface area contributed by atoms with E-state index in [1.807, 2.05) is 0 Å². The monoisotopic (exact) mass is 223 g/mol. The molecule has 3 rings (SSSR count). The fourth-order valence-electron chi connectivity index (χ4n) is 1.75. The molecule has 1 amide bonds. The van der Waals surface area contributed by atoms with E-state index in [2.05, 4.69) is 15.6 Å². The minimum atomic E-state index is -0.198. The molecule has 0 radical (unpaired) electrons. The van der Waals surface area contributed by atoms with Gasteiger partial charge in [0.15, 0.2) is 5.69 Å². The van der Waals surface area contributed by atoms with Crippen LogP contribution in [0.15, 0.2) is 6.20 Å². The van der Waals surface area contributed by atoms with E-state index < -0.39 is 0 Å². The van der Waals surface area contributed by atoms with Crippen LogP contribution < -0.4 is 5.32 Å². The maximum atomic E-state index is 11.9. The Hall–Kier alpha value is -1.47. The first-order valence-electron chi connectivity index (χ1n) is 5.42. The van der Waals surface area contributed by atoms with Crippen LogP contribution >= 0.6 is 0 Å². The molecule has 2 fully saturated rings. The summed E-state index contributed by atoms with van der Waals surface area (Å²) in [6, 6.07) is 0.327. The number of carbonyl (C=O) groups is 1. The zero-order valence-corrected chi connectivity index (χ0v) is 8.80. The molecule has 2 aliphatic rings. The Labute approximate surface area is 92.3 Å². The van der Waals surface area contributed by atoms with E-state index in [0.29, 0.717) is 24.9 Å². The standard InChI is InChI=1S/C9H13N5O2/c15-9(14-2-1-3-16-14)8-6-13(12-11-8)7-4-10-5-7/h6-7,10H,1-5H2. The van der Waals surface area contributed by atoms with Crippen LogP contribution in [0.25, 0.3) is 0 Å². The van der Waals surface area contributed by atoms with Crippen molar-refractivity contribution >= 4 is 5.91 Å². The highest BCUT2D eigenvalue weighted by Crippen LogP contribution is 2.13. The highest BCUT2D eigenvalue weighted by Gasteiger charge is 2.26. The van der Waals surface area contributed by atoms with Gasteiger partial charge in [0, 0.05) is 13.1 Å². The van der Waals surface area contributed by atoms with Crippen molar-refractivity contribution in [2.24, 2.45) is 0 Å². The van der Waals surface area contributed by atoms with Gasteiger partial charge < -0.3 is 5.32 Å². The smallest absolute Gasteiger partial charge is 0.299 e. The largest absolute Gasteiger partial charge is 0.312 e. The van der Waals surface area contributed by atoms with Crippen LogP contribution in [0.3, 0.4) is 0 Å². The lowest BCUT2D eigenvalue weighted by Gasteiger charge is -2.26. The van der Waals surface area contributed by atoms with Gasteiger partial charge in [-0.3, -0.25) is 9.63 Å². The summed E-state index contributed by atoms with van der Waals surface area (Å²) in [7, 11) is 0. The summed E-state index contributed by atoms with van der Waals surface area (Å²) in [6.45, 7) is 3.01. The second kappa shape index (κ2) is 3.84. The number of rotatable bonds is 2. The van der Waals surface area contributed by atoms with Crippen LogP contribution in [0.5, 0.6) is 0 Å². The zero-order chi connectivity index (χ0) is 11.0. The average Bonchev–Trinajstić information content (AvgIpc) is 2.84. The van der Waals surface area contributed by atoms with Crippen LogP contribution in [0, 0.1) is 0 Å². The summed E-state index contributed by atoms with van der Waals surface area (Å²) in [5.41, 5.74) is 0.355. The van der Waals surface area contributed by atoms with Gasteiger partial charge in [0.2, 0.25) is 0 Å². The quantitative estimate of drug-likeness (QED) is 0.710. The van der Waals surface area contributed by atoms with Gasteiger partial charge in [-0.1, -0.05) is 5.21 Å². The maximum Gasteiger partial charge on any atom is 0.299 e. The van der Waals surface area contributed by atoms with E-state index in [1.165, 1.54) is 5.06 Å². The summed E-state index contributed by atoms with van der Waals surface area (Å²) in [5, 5.41) is 12.3. The van der Waals surface area contributed by atoms with E-state index in [4.69, 9.17) is 4.84 Å². The van der Waals surface area contributed by atoms with Gasteiger partial charge >= 0.3 is 0 Å². The lowest BCUT2D eigenvalue weighted by molar-refractivity contribution is -0.0771. The first kappa shape index (κ1) is 9.73. The minimum absolute atomic E-state index is 0.198. The number of hydroxylamine groups is 2. The Bertz CT molecular complexity index is 394. The number of hydrogen-bond acceptors (Lipinski definition) is 5. The van der Waals surface area contributed by atoms with Crippen LogP contribution in [0.1, 0.15) is 23.0 Å². The fourth-order valence-corrected chi connectivity index (χ4v) is 1.75. The molecule has 2 aliphatic heterocycles. The topological polar surface area (TPSA) is 72.3 Å². The van der Waals surface area contributed by atoms with Gasteiger partial charge in [-0.05, 0) is 6.42 Å². The summed E-state index contributed by atoms with van der Waals surface area (Å²) in [5.74, 6) is -0.198. The molecule has 0 spiro atoms. The molecule has 0 atom stereocenters. The molecule has 3 heterocycles. The number of amides is 1. The lowest BCUT2D eigenvalue weighted by atomic mass is 10.2. The predicted octanol–water partition coefficient (Wildman–Crippen LogP) is -0.800. The minimum Gasteiger partial charge on any atom is -0.312 e. The Morgan fingerprint density at radius 3 is 3.06 bits per heavy atom. The first-order chi connectivity index (χ1) is 7.84. The highest BCUT2D eigenvalue weighted by molar-refractivity contribution is 5.91. The van der Waals surface area contributed by atoms with Crippen LogP contribution in [0.4, 0.5) is 0 Å². The van der Waals surface area contributed by atoms with Gasteiger partial charge in [-0.2, -0.15) is 0 Å². The zero-order valence-electron chi connectivity index (χ0n) is 8.80. The molecule has 7 nitrogen and oxygen atoms in total. The highest BCUT2D eigenvalue weighted by atomic mass is 16.7. The Kier molecular flexibility index (Phi) is 2.33. The number of aromatic nitrogens is 3. The molecule has 16 heavy (non-hydrogen) atoms. The fraction of sp³-hybridized carbons (Fsp3) is 0.667. The average molecular weight is 223 g/mol. The van der Waals surface area contributed by atoms with Gasteiger partial charge in [-0.25, -0.2) is 9.75 Å². The lowest BCUT2D eigenvalue weighted by Crippen LogP contribution is -2.43. The molecule has 0 bridgehead atoms. The van der Waals surface area contributed by atoms with Crippen LogP contribution in [-0.4, -0.2) is 52.2 Å². The summed E-state index contributed by atoms with van der Waals surface area (Å²) in [6.07, 6.45) is 2.57. The number of carbonyl (C=O) groups excluding carboxylic acids is 1. The van der Waals surface area contributed by atoms with Crippen molar-refractivity contribution in [3.8, 4) is 0 Å². The van der Waals surface area contributed by atoms with Crippen molar-refractivity contribution in [1.29, 1.82) is 0 Å². The third-order valence-corrected chi connectivity index (χ3v) is 2.84. The molecule has 1 aromatic rings. The Balaban J connectivity index is 1.73. The van der Waals surface area contributed by atoms with E-state index >= 15 is 0 Å². The van der Waals surface area contributed by atoms with Crippen molar-refractivity contribution in [3.05, 3.63) is 11.9 Å². The van der Waals surface area contributed by atoms with Gasteiger partial charge in [0.05, 0.1) is 25.4 Å². The normalized spacial score (nSPS) is 21.1. The molecular weight excluding hydrogens is 210 g/mol. The van der Waals surface area contributed by atoms with Gasteiger partial charge in [0.1, 0.15) is 0 Å². The van der Waals surface area contributed by atoms with Crippen molar-refractivity contribution in [1.82, 2.24) is 25.4 Å². The van der Waals surface area contributed by atoms with Crippen molar-refractivity contribution in [3.63, 3.8) is 0 Å². The molecule has 2 saturated heterocycles. The second-order valence-corrected chi connectivity index (χ2v) is 3.99. The molecular formula is C9H13N5O2. The van der Waals surface area contributed by atoms with Crippen LogP contribution in [-0.2, 0) is 4.84 Å². The molecule has 86 valence electrons. The van der Waals surface area contributed by atoms with E-state index in [1.54, 1.807) is 10.9 Å². The number of nitrogens with one attached hydrogen (secondary N) is 1. The van der Waals surface area contributed by atoms with Crippen molar-refractivity contribution < 1.29 is 9.63 Å². The summed E-state index contributed by atoms with van der Waals surface area (Å²) < 4.78 is 1.74. The molecule has 1 aromatic heterocycles. The summed E-state index contributed by atoms with van der Waals surface area (Å²) in [4.78, 5) is 17.0. The molecule has 0 unspecified atom stereocenters. The predicted molar refractivity (Wildman–Crippen MR) is 53.5 cm³/mol. The van der Waals surface area contributed by atoms with E-state index in [9.17, 15) is 4.79 Å². The van der Waals surface area contributed by atoms with Crippen molar-refractivity contribution in [2.75, 3.05) is 26.2 Å². The van der Waals surface area contributed by atoms with E-state index in [-0.39, 0.29) is 5.91 Å². The maximum absolute atomic E-state index is 11.9. The third kappa shape index (κ3) is 1.57. The molecule has 7 heteroatoms. The van der Waals surface area contributed by atoms with Gasteiger partial charge in [0.25, 0.3) is 5.91 Å².